The van der Waals surface area contributed by atoms with Gasteiger partial charge in [0.2, 0.25) is 21.8 Å². The molecular weight excluding hydrogens is 524 g/mol. The van der Waals surface area contributed by atoms with E-state index in [1.165, 1.54) is 41.3 Å². The van der Waals surface area contributed by atoms with E-state index in [4.69, 9.17) is 0 Å². The number of carbonyl (C=O) groups excluding carboxylic acids is 2. The normalized spacial score (nSPS) is 12.8. The molecule has 0 aliphatic rings. The second-order valence-electron chi connectivity index (χ2n) is 9.42. The Balaban J connectivity index is 2.04. The predicted octanol–water partition coefficient (Wildman–Crippen LogP) is 4.29. The van der Waals surface area contributed by atoms with Crippen LogP contribution in [0.1, 0.15) is 31.4 Å². The molecule has 0 unspecified atom stereocenters. The topological polar surface area (TPSA) is 86.8 Å². The first-order chi connectivity index (χ1) is 18.5. The van der Waals surface area contributed by atoms with Crippen molar-refractivity contribution >= 4 is 27.5 Å². The Bertz CT molecular complexity index is 1350. The highest BCUT2D eigenvalue weighted by Gasteiger charge is 2.33. The maximum Gasteiger partial charge on any atom is 0.244 e. The molecule has 3 aromatic carbocycles. The molecule has 0 saturated heterocycles. The number of carbonyl (C=O) groups is 2. The fourth-order valence-corrected chi connectivity index (χ4v) is 4.85. The average molecular weight is 558 g/mol. The molecule has 0 aromatic heterocycles. The Morgan fingerprint density at radius 1 is 0.872 bits per heavy atom. The van der Waals surface area contributed by atoms with Crippen LogP contribution in [0.4, 0.5) is 14.5 Å². The molecule has 3 rings (SSSR count). The van der Waals surface area contributed by atoms with Gasteiger partial charge in [0, 0.05) is 19.0 Å². The summed E-state index contributed by atoms with van der Waals surface area (Å²) in [4.78, 5) is 28.8. The number of nitrogens with zero attached hydrogens (tertiary/aromatic N) is 2. The second kappa shape index (κ2) is 13.3. The van der Waals surface area contributed by atoms with Crippen molar-refractivity contribution in [2.24, 2.45) is 0 Å². The maximum atomic E-state index is 13.9. The van der Waals surface area contributed by atoms with Crippen molar-refractivity contribution in [3.05, 3.63) is 102 Å². The van der Waals surface area contributed by atoms with Gasteiger partial charge in [0.15, 0.2) is 0 Å². The number of sulfonamides is 1. The third-order valence-corrected chi connectivity index (χ3v) is 7.47. The van der Waals surface area contributed by atoms with Gasteiger partial charge >= 0.3 is 0 Å². The maximum absolute atomic E-state index is 13.9. The zero-order valence-corrected chi connectivity index (χ0v) is 23.0. The molecular formula is C29H33F2N3O4S. The van der Waals surface area contributed by atoms with Crippen LogP contribution in [0.15, 0.2) is 78.9 Å². The van der Waals surface area contributed by atoms with Gasteiger partial charge in [-0.05, 0) is 60.9 Å². The van der Waals surface area contributed by atoms with E-state index in [1.54, 1.807) is 0 Å². The monoisotopic (exact) mass is 557 g/mol. The highest BCUT2D eigenvalue weighted by Crippen LogP contribution is 2.21. The summed E-state index contributed by atoms with van der Waals surface area (Å²) in [6, 6.07) is 18.3. The van der Waals surface area contributed by atoms with Gasteiger partial charge in [0.1, 0.15) is 24.2 Å². The summed E-state index contributed by atoms with van der Waals surface area (Å²) in [5.74, 6) is -2.04. The molecule has 3 aromatic rings. The third kappa shape index (κ3) is 8.61. The van der Waals surface area contributed by atoms with Gasteiger partial charge in [0.05, 0.1) is 11.9 Å². The molecule has 0 bridgehead atoms. The first-order valence-electron chi connectivity index (χ1n) is 12.6. The number of halogens is 2. The van der Waals surface area contributed by atoms with Gasteiger partial charge in [-0.25, -0.2) is 17.2 Å². The van der Waals surface area contributed by atoms with Gasteiger partial charge in [-0.3, -0.25) is 13.9 Å². The van der Waals surface area contributed by atoms with E-state index in [-0.39, 0.29) is 24.7 Å². The van der Waals surface area contributed by atoms with Gasteiger partial charge in [0.25, 0.3) is 0 Å². The van der Waals surface area contributed by atoms with E-state index in [2.05, 4.69) is 5.32 Å². The highest BCUT2D eigenvalue weighted by atomic mass is 32.2. The lowest BCUT2D eigenvalue weighted by molar-refractivity contribution is -0.140. The molecule has 0 aliphatic heterocycles. The lowest BCUT2D eigenvalue weighted by Gasteiger charge is -2.34. The molecule has 0 heterocycles. The van der Waals surface area contributed by atoms with Crippen LogP contribution < -0.4 is 9.62 Å². The Kier molecular flexibility index (Phi) is 10.2. The van der Waals surface area contributed by atoms with E-state index in [0.29, 0.717) is 12.0 Å². The zero-order valence-electron chi connectivity index (χ0n) is 22.2. The predicted molar refractivity (Wildman–Crippen MR) is 147 cm³/mol. The molecule has 0 aliphatic carbocycles. The van der Waals surface area contributed by atoms with E-state index in [0.717, 1.165) is 28.3 Å². The molecule has 10 heteroatoms. The lowest BCUT2D eigenvalue weighted by Crippen LogP contribution is -2.54. The average Bonchev–Trinajstić information content (AvgIpc) is 2.90. The largest absolute Gasteiger partial charge is 0.352 e. The van der Waals surface area contributed by atoms with Crippen LogP contribution in [0.5, 0.6) is 0 Å². The van der Waals surface area contributed by atoms with Crippen LogP contribution in [-0.2, 0) is 32.6 Å². The quantitative estimate of drug-likeness (QED) is 0.360. The van der Waals surface area contributed by atoms with Crippen LogP contribution in [0.2, 0.25) is 0 Å². The molecule has 1 N–H and O–H groups in total. The number of benzene rings is 3. The van der Waals surface area contributed by atoms with Crippen molar-refractivity contribution in [3.63, 3.8) is 0 Å². The smallest absolute Gasteiger partial charge is 0.244 e. The standard InChI is InChI=1S/C29H33F2N3O4S/c1-4-21(2)32-29(36)27(18-22-8-6-5-7-9-22)33(19-23-10-12-24(30)13-11-23)28(35)20-34(39(3,37)38)26-16-14-25(31)15-17-26/h5-17,21,27H,4,18-20H2,1-3H3,(H,32,36)/t21-,27+/m0/s1. The summed E-state index contributed by atoms with van der Waals surface area (Å²) in [7, 11) is -3.95. The summed E-state index contributed by atoms with van der Waals surface area (Å²) in [5.41, 5.74) is 1.47. The van der Waals surface area contributed by atoms with Crippen LogP contribution in [0.25, 0.3) is 0 Å². The van der Waals surface area contributed by atoms with E-state index >= 15 is 0 Å². The van der Waals surface area contributed by atoms with E-state index in [1.807, 2.05) is 44.2 Å². The highest BCUT2D eigenvalue weighted by molar-refractivity contribution is 7.92. The summed E-state index contributed by atoms with van der Waals surface area (Å²) in [6.45, 7) is 3.09. The summed E-state index contributed by atoms with van der Waals surface area (Å²) < 4.78 is 53.4. The first-order valence-corrected chi connectivity index (χ1v) is 14.4. The van der Waals surface area contributed by atoms with Crippen molar-refractivity contribution < 1.29 is 26.8 Å². The molecule has 0 radical (unpaired) electrons. The molecule has 2 atom stereocenters. The summed E-state index contributed by atoms with van der Waals surface area (Å²) in [5, 5.41) is 2.94. The molecule has 0 spiro atoms. The van der Waals surface area contributed by atoms with Gasteiger partial charge in [-0.15, -0.1) is 0 Å². The van der Waals surface area contributed by atoms with Gasteiger partial charge < -0.3 is 10.2 Å². The van der Waals surface area contributed by atoms with Crippen LogP contribution in [0.3, 0.4) is 0 Å². The van der Waals surface area contributed by atoms with Gasteiger partial charge in [-0.1, -0.05) is 49.4 Å². The number of rotatable bonds is 12. The molecule has 2 amide bonds. The van der Waals surface area contributed by atoms with Crippen molar-refractivity contribution in [2.45, 2.75) is 45.3 Å². The minimum absolute atomic E-state index is 0.0639. The van der Waals surface area contributed by atoms with Crippen molar-refractivity contribution in [1.82, 2.24) is 10.2 Å². The number of amides is 2. The summed E-state index contributed by atoms with van der Waals surface area (Å²) >= 11 is 0. The minimum Gasteiger partial charge on any atom is -0.352 e. The minimum atomic E-state index is -3.95. The van der Waals surface area contributed by atoms with E-state index < -0.39 is 46.1 Å². The van der Waals surface area contributed by atoms with Crippen LogP contribution >= 0.6 is 0 Å². The lowest BCUT2D eigenvalue weighted by atomic mass is 10.0. The van der Waals surface area contributed by atoms with Crippen molar-refractivity contribution in [2.75, 3.05) is 17.1 Å². The van der Waals surface area contributed by atoms with Crippen LogP contribution in [-0.4, -0.2) is 50.0 Å². The van der Waals surface area contributed by atoms with Crippen molar-refractivity contribution in [1.29, 1.82) is 0 Å². The number of hydrogen-bond acceptors (Lipinski definition) is 4. The molecule has 208 valence electrons. The summed E-state index contributed by atoms with van der Waals surface area (Å²) in [6.07, 6.45) is 1.79. The molecule has 0 saturated carbocycles. The SMILES string of the molecule is CC[C@H](C)NC(=O)[C@@H](Cc1ccccc1)N(Cc1ccc(F)cc1)C(=O)CN(c1ccc(F)cc1)S(C)(=O)=O. The first kappa shape index (κ1) is 29.8. The number of anilines is 1. The van der Waals surface area contributed by atoms with E-state index in [9.17, 15) is 26.8 Å². The fraction of sp³-hybridized carbons (Fsp3) is 0.310. The van der Waals surface area contributed by atoms with Crippen LogP contribution in [0, 0.1) is 11.6 Å². The zero-order chi connectivity index (χ0) is 28.6. The third-order valence-electron chi connectivity index (χ3n) is 6.33. The fourth-order valence-electron chi connectivity index (χ4n) is 4.00. The molecule has 7 nitrogen and oxygen atoms in total. The Morgan fingerprint density at radius 3 is 1.97 bits per heavy atom. The molecule has 0 fully saturated rings. The number of hydrogen-bond donors (Lipinski definition) is 1. The Hall–Kier alpha value is -3.79. The second-order valence-corrected chi connectivity index (χ2v) is 11.3. The number of nitrogens with one attached hydrogen (secondary N) is 1. The Morgan fingerprint density at radius 2 is 1.44 bits per heavy atom. The molecule has 39 heavy (non-hydrogen) atoms. The van der Waals surface area contributed by atoms with Crippen molar-refractivity contribution in [3.8, 4) is 0 Å². The Labute approximate surface area is 228 Å². The van der Waals surface area contributed by atoms with Gasteiger partial charge in [-0.2, -0.15) is 0 Å².